The van der Waals surface area contributed by atoms with Crippen LogP contribution in [0.4, 0.5) is 19.0 Å². The van der Waals surface area contributed by atoms with Gasteiger partial charge in [0.1, 0.15) is 5.52 Å². The number of hydrogen-bond acceptors (Lipinski definition) is 3. The van der Waals surface area contributed by atoms with Gasteiger partial charge in [0, 0.05) is 24.5 Å². The molecule has 4 nitrogen and oxygen atoms in total. The van der Waals surface area contributed by atoms with Crippen LogP contribution in [-0.4, -0.2) is 20.6 Å². The summed E-state index contributed by atoms with van der Waals surface area (Å²) in [6, 6.07) is 1.22. The molecule has 1 aliphatic rings. The quantitative estimate of drug-likeness (QED) is 0.860. The predicted molar refractivity (Wildman–Crippen MR) is 68.4 cm³/mol. The Morgan fingerprint density at radius 2 is 2.15 bits per heavy atom. The molecule has 1 aliphatic carbocycles. The van der Waals surface area contributed by atoms with E-state index < -0.39 is 11.9 Å². The molecule has 0 spiro atoms. The molecule has 0 radical (unpaired) electrons. The molecule has 0 saturated carbocycles. The molecule has 1 atom stereocenters. The second-order valence-corrected chi connectivity index (χ2v) is 4.76. The van der Waals surface area contributed by atoms with Crippen LogP contribution in [0.25, 0.3) is 5.52 Å². The highest BCUT2D eigenvalue weighted by atomic mass is 19.4. The van der Waals surface area contributed by atoms with Crippen LogP contribution in [0.1, 0.15) is 25.0 Å². The van der Waals surface area contributed by atoms with Crippen molar-refractivity contribution in [3.05, 3.63) is 36.3 Å². The van der Waals surface area contributed by atoms with Gasteiger partial charge in [0.2, 0.25) is 0 Å². The lowest BCUT2D eigenvalue weighted by Crippen LogP contribution is -2.21. The van der Waals surface area contributed by atoms with Crippen LogP contribution in [0.5, 0.6) is 0 Å². The Morgan fingerprint density at radius 3 is 2.85 bits per heavy atom. The number of fused-ring (bicyclic) bond motifs is 1. The standard InChI is InChI=1S/C13H13F3N4/c14-13(15,16)11-8-10-12(17-6-7-20(10)19-11)18-9-4-2-1-3-5-9/h1-2,6-9H,3-5H2,(H,17,18). The first kappa shape index (κ1) is 13.0. The Labute approximate surface area is 113 Å². The molecular formula is C13H13F3N4. The molecule has 1 unspecified atom stereocenters. The monoisotopic (exact) mass is 282 g/mol. The Morgan fingerprint density at radius 1 is 1.30 bits per heavy atom. The molecule has 2 aromatic heterocycles. The molecule has 0 bridgehead atoms. The lowest BCUT2D eigenvalue weighted by molar-refractivity contribution is -0.141. The Bertz CT molecular complexity index is 645. The third kappa shape index (κ3) is 2.48. The highest BCUT2D eigenvalue weighted by molar-refractivity contribution is 5.68. The van der Waals surface area contributed by atoms with E-state index in [1.165, 1.54) is 16.9 Å². The van der Waals surface area contributed by atoms with Crippen LogP contribution in [0.3, 0.4) is 0 Å². The second-order valence-electron chi connectivity index (χ2n) is 4.76. The molecular weight excluding hydrogens is 269 g/mol. The zero-order chi connectivity index (χ0) is 14.2. The number of alkyl halides is 3. The summed E-state index contributed by atoms with van der Waals surface area (Å²) < 4.78 is 39.3. The number of nitrogens with one attached hydrogen (secondary N) is 1. The van der Waals surface area contributed by atoms with Gasteiger partial charge in [-0.15, -0.1) is 0 Å². The fraction of sp³-hybridized carbons (Fsp3) is 0.385. The first-order valence-corrected chi connectivity index (χ1v) is 6.37. The van der Waals surface area contributed by atoms with Gasteiger partial charge in [-0.05, 0) is 19.3 Å². The number of rotatable bonds is 2. The zero-order valence-electron chi connectivity index (χ0n) is 10.6. The van der Waals surface area contributed by atoms with Gasteiger partial charge in [0.05, 0.1) is 0 Å². The number of aromatic nitrogens is 3. The maximum atomic E-state index is 12.7. The summed E-state index contributed by atoms with van der Waals surface area (Å²) in [6.45, 7) is 0. The molecule has 1 N–H and O–H groups in total. The normalized spacial score (nSPS) is 19.4. The average Bonchev–Trinajstić information content (AvgIpc) is 2.85. The van der Waals surface area contributed by atoms with Crippen LogP contribution >= 0.6 is 0 Å². The van der Waals surface area contributed by atoms with Crippen molar-refractivity contribution in [2.45, 2.75) is 31.5 Å². The molecule has 0 fully saturated rings. The van der Waals surface area contributed by atoms with Gasteiger partial charge in [-0.1, -0.05) is 12.2 Å². The van der Waals surface area contributed by atoms with Crippen LogP contribution in [0.15, 0.2) is 30.6 Å². The lowest BCUT2D eigenvalue weighted by Gasteiger charge is -2.20. The Hall–Kier alpha value is -2.05. The van der Waals surface area contributed by atoms with Gasteiger partial charge in [-0.2, -0.15) is 18.3 Å². The summed E-state index contributed by atoms with van der Waals surface area (Å²) in [5, 5.41) is 6.73. The van der Waals surface area contributed by atoms with Crippen LogP contribution in [0.2, 0.25) is 0 Å². The van der Waals surface area contributed by atoms with E-state index in [0.29, 0.717) is 11.3 Å². The summed E-state index contributed by atoms with van der Waals surface area (Å²) in [7, 11) is 0. The van der Waals surface area contributed by atoms with Crippen molar-refractivity contribution in [1.82, 2.24) is 14.6 Å². The van der Waals surface area contributed by atoms with Crippen molar-refractivity contribution >= 4 is 11.3 Å². The maximum absolute atomic E-state index is 12.7. The van der Waals surface area contributed by atoms with E-state index in [4.69, 9.17) is 0 Å². The largest absolute Gasteiger partial charge is 0.435 e. The number of anilines is 1. The van der Waals surface area contributed by atoms with Crippen molar-refractivity contribution in [3.63, 3.8) is 0 Å². The van der Waals surface area contributed by atoms with E-state index in [0.717, 1.165) is 25.3 Å². The van der Waals surface area contributed by atoms with Crippen LogP contribution in [0, 0.1) is 0 Å². The number of halogens is 3. The molecule has 106 valence electrons. The number of hydrogen-bond donors (Lipinski definition) is 1. The fourth-order valence-electron chi connectivity index (χ4n) is 2.29. The van der Waals surface area contributed by atoms with Gasteiger partial charge in [-0.3, -0.25) is 0 Å². The van der Waals surface area contributed by atoms with E-state index in [1.807, 2.05) is 0 Å². The molecule has 0 aromatic carbocycles. The molecule has 3 rings (SSSR count). The summed E-state index contributed by atoms with van der Waals surface area (Å²) >= 11 is 0. The molecule has 2 heterocycles. The van der Waals surface area contributed by atoms with Crippen LogP contribution in [-0.2, 0) is 6.18 Å². The molecule has 0 aliphatic heterocycles. The first-order chi connectivity index (χ1) is 9.54. The van der Waals surface area contributed by atoms with Gasteiger partial charge < -0.3 is 5.32 Å². The minimum Gasteiger partial charge on any atom is -0.365 e. The van der Waals surface area contributed by atoms with Gasteiger partial charge in [0.15, 0.2) is 11.5 Å². The highest BCUT2D eigenvalue weighted by Crippen LogP contribution is 2.30. The highest BCUT2D eigenvalue weighted by Gasteiger charge is 2.34. The van der Waals surface area contributed by atoms with E-state index in [9.17, 15) is 13.2 Å². The molecule has 0 amide bonds. The lowest BCUT2D eigenvalue weighted by atomic mass is 10.0. The summed E-state index contributed by atoms with van der Waals surface area (Å²) in [6.07, 6.45) is 5.34. The first-order valence-electron chi connectivity index (χ1n) is 6.37. The Balaban J connectivity index is 1.94. The maximum Gasteiger partial charge on any atom is 0.435 e. The smallest absolute Gasteiger partial charge is 0.365 e. The van der Waals surface area contributed by atoms with Crippen molar-refractivity contribution in [2.24, 2.45) is 0 Å². The molecule has 7 heteroatoms. The van der Waals surface area contributed by atoms with E-state index in [1.54, 1.807) is 0 Å². The summed E-state index contributed by atoms with van der Waals surface area (Å²) in [5.74, 6) is 0.441. The Kier molecular flexibility index (Phi) is 3.11. The molecule has 20 heavy (non-hydrogen) atoms. The molecule has 0 saturated heterocycles. The number of allylic oxidation sites excluding steroid dienone is 1. The number of nitrogens with zero attached hydrogens (tertiary/aromatic N) is 3. The van der Waals surface area contributed by atoms with Gasteiger partial charge in [-0.25, -0.2) is 9.50 Å². The molecule has 2 aromatic rings. The van der Waals surface area contributed by atoms with E-state index in [2.05, 4.69) is 27.6 Å². The van der Waals surface area contributed by atoms with Crippen molar-refractivity contribution in [1.29, 1.82) is 0 Å². The predicted octanol–water partition coefficient (Wildman–Crippen LogP) is 3.27. The zero-order valence-corrected chi connectivity index (χ0v) is 10.6. The van der Waals surface area contributed by atoms with Crippen molar-refractivity contribution in [2.75, 3.05) is 5.32 Å². The fourth-order valence-corrected chi connectivity index (χ4v) is 2.29. The summed E-state index contributed by atoms with van der Waals surface area (Å²) in [4.78, 5) is 4.13. The van der Waals surface area contributed by atoms with Gasteiger partial charge in [0.25, 0.3) is 0 Å². The SMILES string of the molecule is FC(F)(F)c1cc2c(NC3CC=CCC3)nccn2n1. The third-order valence-corrected chi connectivity index (χ3v) is 3.29. The van der Waals surface area contributed by atoms with Crippen LogP contribution < -0.4 is 5.32 Å². The van der Waals surface area contributed by atoms with E-state index >= 15 is 0 Å². The van der Waals surface area contributed by atoms with E-state index in [-0.39, 0.29) is 6.04 Å². The van der Waals surface area contributed by atoms with Crippen molar-refractivity contribution in [3.8, 4) is 0 Å². The topological polar surface area (TPSA) is 42.2 Å². The summed E-state index contributed by atoms with van der Waals surface area (Å²) in [5.41, 5.74) is -0.563. The van der Waals surface area contributed by atoms with Gasteiger partial charge >= 0.3 is 6.18 Å². The third-order valence-electron chi connectivity index (χ3n) is 3.29. The van der Waals surface area contributed by atoms with Crippen molar-refractivity contribution < 1.29 is 13.2 Å². The minimum absolute atomic E-state index is 0.197. The minimum atomic E-state index is -4.45. The second kappa shape index (κ2) is 4.81. The average molecular weight is 282 g/mol.